The van der Waals surface area contributed by atoms with E-state index in [4.69, 9.17) is 25.8 Å². The number of ether oxygens (including phenoxy) is 3. The molecule has 3 saturated heterocycles. The molecule has 4 fully saturated rings. The van der Waals surface area contributed by atoms with Crippen LogP contribution in [0.3, 0.4) is 0 Å². The number of methoxy groups -OCH3 is 1. The third-order valence-electron chi connectivity index (χ3n) is 11.2. The zero-order valence-corrected chi connectivity index (χ0v) is 31.7. The molecule has 280 valence electrons. The van der Waals surface area contributed by atoms with Crippen molar-refractivity contribution in [3.63, 3.8) is 0 Å². The van der Waals surface area contributed by atoms with Crippen molar-refractivity contribution < 1.29 is 37.0 Å². The first-order chi connectivity index (χ1) is 23.8. The van der Waals surface area contributed by atoms with Crippen molar-refractivity contribution in [3.8, 4) is 0 Å². The van der Waals surface area contributed by atoms with Crippen molar-refractivity contribution in [1.82, 2.24) is 14.5 Å². The molecule has 3 aliphatic heterocycles. The van der Waals surface area contributed by atoms with Crippen LogP contribution in [0.5, 0.6) is 0 Å². The van der Waals surface area contributed by atoms with Crippen LogP contribution in [0, 0.1) is 17.8 Å². The highest BCUT2D eigenvalue weighted by Gasteiger charge is 2.45. The lowest BCUT2D eigenvalue weighted by molar-refractivity contribution is -0.124. The number of nitrogens with one attached hydrogen (secondary N) is 1. The predicted molar refractivity (Wildman–Crippen MR) is 192 cm³/mol. The van der Waals surface area contributed by atoms with Gasteiger partial charge in [0.15, 0.2) is 5.78 Å². The van der Waals surface area contributed by atoms with E-state index in [1.165, 1.54) is 7.11 Å². The molecule has 1 unspecified atom stereocenters. The van der Waals surface area contributed by atoms with E-state index < -0.39 is 33.9 Å². The molecule has 0 aromatic heterocycles. The van der Waals surface area contributed by atoms with Crippen LogP contribution in [0.25, 0.3) is 0 Å². The van der Waals surface area contributed by atoms with Crippen molar-refractivity contribution in [1.29, 1.82) is 0 Å². The van der Waals surface area contributed by atoms with Gasteiger partial charge in [-0.3, -0.25) is 4.79 Å². The smallest absolute Gasteiger partial charge is 0.410 e. The number of carbonyl (C=O) groups excluding carboxylic acids is 3. The van der Waals surface area contributed by atoms with Crippen LogP contribution in [0.15, 0.2) is 24.3 Å². The fourth-order valence-corrected chi connectivity index (χ4v) is 10.6. The van der Waals surface area contributed by atoms with Crippen molar-refractivity contribution in [2.45, 2.75) is 121 Å². The number of ketones is 1. The molecule has 0 radical (unpaired) electrons. The summed E-state index contributed by atoms with van der Waals surface area (Å²) >= 11 is 6.24. The summed E-state index contributed by atoms with van der Waals surface area (Å²) in [7, 11) is -2.15. The number of nitrogens with zero attached hydrogens (tertiary/aromatic N) is 2. The first-order valence-electron chi connectivity index (χ1n) is 18.4. The number of fused-ring (bicyclic) bond motifs is 2. The number of carbonyl (C=O) groups is 3. The van der Waals surface area contributed by atoms with Gasteiger partial charge in [0.1, 0.15) is 5.60 Å². The van der Waals surface area contributed by atoms with Gasteiger partial charge in [0.2, 0.25) is 10.0 Å². The third kappa shape index (κ3) is 9.92. The Kier molecular flexibility index (Phi) is 13.2. The van der Waals surface area contributed by atoms with E-state index in [0.717, 1.165) is 50.5 Å². The number of Topliss-reactive ketones (excluding diaryl/α,β-unsaturated/α-hetero) is 1. The van der Waals surface area contributed by atoms with E-state index in [9.17, 15) is 22.8 Å². The number of piperazine rings is 1. The van der Waals surface area contributed by atoms with Crippen molar-refractivity contribution in [2.75, 3.05) is 39.2 Å². The summed E-state index contributed by atoms with van der Waals surface area (Å²) in [4.78, 5) is 42.3. The molecule has 13 heteroatoms. The van der Waals surface area contributed by atoms with E-state index in [0.29, 0.717) is 50.5 Å². The highest BCUT2D eigenvalue weighted by atomic mass is 35.5. The van der Waals surface area contributed by atoms with Gasteiger partial charge in [-0.25, -0.2) is 18.0 Å². The Balaban J connectivity index is 1.34. The lowest BCUT2D eigenvalue weighted by atomic mass is 9.71. The number of halogens is 1. The lowest BCUT2D eigenvalue weighted by Gasteiger charge is -2.45. The fourth-order valence-electron chi connectivity index (χ4n) is 8.69. The molecule has 1 aliphatic carbocycles. The number of amides is 2. The topological polar surface area (TPSA) is 132 Å². The first kappa shape index (κ1) is 38.8. The van der Waals surface area contributed by atoms with Gasteiger partial charge in [-0.15, -0.1) is 0 Å². The van der Waals surface area contributed by atoms with Crippen LogP contribution in [-0.2, 0) is 29.0 Å². The molecule has 2 bridgehead atoms. The molecule has 11 nitrogen and oxygen atoms in total. The maximum absolute atomic E-state index is 14.5. The van der Waals surface area contributed by atoms with Gasteiger partial charge in [-0.1, -0.05) is 43.0 Å². The summed E-state index contributed by atoms with van der Waals surface area (Å²) in [6, 6.07) is 6.19. The maximum Gasteiger partial charge on any atom is 0.410 e. The van der Waals surface area contributed by atoms with E-state index in [1.54, 1.807) is 9.21 Å². The van der Waals surface area contributed by atoms with Crippen molar-refractivity contribution >= 4 is 39.6 Å². The average molecular weight is 738 g/mol. The van der Waals surface area contributed by atoms with Crippen LogP contribution < -0.4 is 5.32 Å². The van der Waals surface area contributed by atoms with E-state index in [2.05, 4.69) is 5.32 Å². The van der Waals surface area contributed by atoms with Gasteiger partial charge < -0.3 is 24.4 Å². The highest BCUT2D eigenvalue weighted by Crippen LogP contribution is 2.41. The molecule has 2 amide bonds. The quantitative estimate of drug-likeness (QED) is 0.287. The summed E-state index contributed by atoms with van der Waals surface area (Å²) in [5.41, 5.74) is 0.292. The normalized spacial score (nSPS) is 28.5. The monoisotopic (exact) mass is 737 g/mol. The third-order valence-corrected chi connectivity index (χ3v) is 13.4. The molecular weight excluding hydrogens is 682 g/mol. The predicted octanol–water partition coefficient (Wildman–Crippen LogP) is 6.53. The van der Waals surface area contributed by atoms with E-state index in [1.807, 2.05) is 45.0 Å². The Morgan fingerprint density at radius 2 is 1.64 bits per heavy atom. The zero-order valence-electron chi connectivity index (χ0n) is 30.1. The molecule has 0 spiro atoms. The van der Waals surface area contributed by atoms with Crippen LogP contribution in [0.4, 0.5) is 9.59 Å². The summed E-state index contributed by atoms with van der Waals surface area (Å²) in [6.45, 7) is 7.30. The largest absolute Gasteiger partial charge is 0.453 e. The van der Waals surface area contributed by atoms with Crippen molar-refractivity contribution in [3.05, 3.63) is 34.9 Å². The Hall–Kier alpha value is -2.41. The summed E-state index contributed by atoms with van der Waals surface area (Å²) in [6.07, 6.45) is 7.21. The van der Waals surface area contributed by atoms with E-state index >= 15 is 0 Å². The maximum atomic E-state index is 14.5. The Labute approximate surface area is 303 Å². The zero-order chi connectivity index (χ0) is 36.1. The molecule has 1 aromatic rings. The molecule has 4 aliphatic rings. The molecule has 1 saturated carbocycles. The molecule has 3 heterocycles. The minimum Gasteiger partial charge on any atom is -0.453 e. The Bertz CT molecular complexity index is 1430. The minimum atomic E-state index is -3.45. The van der Waals surface area contributed by atoms with Gasteiger partial charge in [0.25, 0.3) is 0 Å². The number of benzene rings is 1. The second kappa shape index (κ2) is 16.9. The molecule has 5 rings (SSSR count). The van der Waals surface area contributed by atoms with Crippen LogP contribution in [-0.4, -0.2) is 98.5 Å². The Morgan fingerprint density at radius 1 is 0.960 bits per heavy atom. The molecular formula is C37H56ClN3O8S. The standard InChI is InChI=1S/C37H56ClN3O8S/c1-37(2,3)49-36(44)40-23-31(41-24-30(40)10-7-21-50(41,45)46)16-13-25-8-5-6-9-28(25)22-32(42)34(39-35(43)47-4)33(27-17-19-48-20-18-27)26-11-14-29(38)15-12-26/h11-12,14-15,25,27-28,30-31,33-34H,5-10,13,16-24H2,1-4H3,(H,39,43)/t25-,28-,30-,31+,33+,34-/m1/s1. The molecule has 7 atom stereocenters. The molecule has 1 aromatic carbocycles. The fraction of sp³-hybridized carbons (Fsp3) is 0.757. The second-order valence-corrected chi connectivity index (χ2v) is 18.1. The Morgan fingerprint density at radius 3 is 2.30 bits per heavy atom. The number of sulfonamides is 1. The number of hydrogen-bond donors (Lipinski definition) is 1. The van der Waals surface area contributed by atoms with Gasteiger partial charge in [-0.2, -0.15) is 4.31 Å². The minimum absolute atomic E-state index is 0.0227. The summed E-state index contributed by atoms with van der Waals surface area (Å²) in [5, 5.41) is 3.53. The highest BCUT2D eigenvalue weighted by molar-refractivity contribution is 7.89. The lowest BCUT2D eigenvalue weighted by Crippen LogP contribution is -2.60. The number of alkyl carbamates (subject to hydrolysis) is 1. The van der Waals surface area contributed by atoms with Crippen LogP contribution >= 0.6 is 11.6 Å². The number of rotatable bonds is 10. The molecule has 50 heavy (non-hydrogen) atoms. The summed E-state index contributed by atoms with van der Waals surface area (Å²) < 4.78 is 44.9. The van der Waals surface area contributed by atoms with Crippen LogP contribution in [0.2, 0.25) is 5.02 Å². The van der Waals surface area contributed by atoms with Gasteiger partial charge in [0.05, 0.1) is 18.9 Å². The van der Waals surface area contributed by atoms with Gasteiger partial charge in [-0.05, 0) is 101 Å². The van der Waals surface area contributed by atoms with Gasteiger partial charge in [0, 0.05) is 55.7 Å². The molecule has 1 N–H and O–H groups in total. The second-order valence-electron chi connectivity index (χ2n) is 15.7. The number of hydrogen-bond acceptors (Lipinski definition) is 8. The summed E-state index contributed by atoms with van der Waals surface area (Å²) in [5.74, 6) is 0.220. The SMILES string of the molecule is COC(=O)N[C@H](C(=O)C[C@H]1CCCC[C@@H]1CC[C@H]1CN(C(=O)OC(C)(C)C)[C@@H]2CCCS(=O)(=O)N1C2)[C@@H](c1ccc(Cl)cc1)C1CCOCC1. The van der Waals surface area contributed by atoms with Crippen molar-refractivity contribution in [2.24, 2.45) is 17.8 Å². The van der Waals surface area contributed by atoms with Crippen LogP contribution in [0.1, 0.15) is 103 Å². The van der Waals surface area contributed by atoms with Gasteiger partial charge >= 0.3 is 12.2 Å². The average Bonchev–Trinajstić information content (AvgIpc) is 3.20. The first-order valence-corrected chi connectivity index (χ1v) is 20.4. The van der Waals surface area contributed by atoms with E-state index in [-0.39, 0.29) is 53.8 Å².